The predicted molar refractivity (Wildman–Crippen MR) is 92.0 cm³/mol. The van der Waals surface area contributed by atoms with Crippen LogP contribution in [0.25, 0.3) is 0 Å². The highest BCUT2D eigenvalue weighted by molar-refractivity contribution is 5.91. The summed E-state index contributed by atoms with van der Waals surface area (Å²) in [5, 5.41) is 16.6. The average molecular weight is 306 g/mol. The van der Waals surface area contributed by atoms with Gasteiger partial charge in [-0.25, -0.2) is 0 Å². The molecule has 22 heavy (non-hydrogen) atoms. The second kappa shape index (κ2) is 8.30. The van der Waals surface area contributed by atoms with Gasteiger partial charge in [-0.05, 0) is 38.3 Å². The van der Waals surface area contributed by atoms with Crippen LogP contribution in [0.15, 0.2) is 24.3 Å². The van der Waals surface area contributed by atoms with E-state index >= 15 is 0 Å². The molecule has 0 aromatic heterocycles. The van der Waals surface area contributed by atoms with Gasteiger partial charge in [0.1, 0.15) is 0 Å². The molecule has 0 aliphatic rings. The third-order valence-electron chi connectivity index (χ3n) is 4.39. The van der Waals surface area contributed by atoms with Crippen LogP contribution in [-0.4, -0.2) is 29.2 Å². The summed E-state index contributed by atoms with van der Waals surface area (Å²) in [5.41, 5.74) is 1.15. The summed E-state index contributed by atoms with van der Waals surface area (Å²) in [6.07, 6.45) is 1.31. The van der Waals surface area contributed by atoms with E-state index in [4.69, 9.17) is 0 Å². The predicted octanol–water partition coefficient (Wildman–Crippen LogP) is 3.10. The van der Waals surface area contributed by atoms with E-state index in [-0.39, 0.29) is 17.9 Å². The van der Waals surface area contributed by atoms with Gasteiger partial charge in [0.05, 0.1) is 5.60 Å². The van der Waals surface area contributed by atoms with Crippen molar-refractivity contribution < 1.29 is 9.90 Å². The molecule has 0 spiro atoms. The lowest BCUT2D eigenvalue weighted by Crippen LogP contribution is -2.46. The van der Waals surface area contributed by atoms with E-state index in [2.05, 4.69) is 17.6 Å². The first-order valence-corrected chi connectivity index (χ1v) is 8.07. The molecule has 1 aromatic carbocycles. The first-order chi connectivity index (χ1) is 10.3. The minimum Gasteiger partial charge on any atom is -0.389 e. The summed E-state index contributed by atoms with van der Waals surface area (Å²) >= 11 is 0. The second-order valence-corrected chi connectivity index (χ2v) is 6.52. The molecule has 4 heteroatoms. The fraction of sp³-hybridized carbons (Fsp3) is 0.611. The van der Waals surface area contributed by atoms with E-state index in [1.807, 2.05) is 52.0 Å². The molecule has 0 fully saturated rings. The molecule has 4 nitrogen and oxygen atoms in total. The number of para-hydroxylation sites is 1. The monoisotopic (exact) mass is 306 g/mol. The van der Waals surface area contributed by atoms with Crippen molar-refractivity contribution in [1.82, 2.24) is 5.32 Å². The molecule has 0 bridgehead atoms. The Morgan fingerprint density at radius 1 is 1.32 bits per heavy atom. The molecule has 1 amide bonds. The average Bonchev–Trinajstić information content (AvgIpc) is 2.46. The lowest BCUT2D eigenvalue weighted by atomic mass is 9.88. The first kappa shape index (κ1) is 18.7. The van der Waals surface area contributed by atoms with Gasteiger partial charge >= 0.3 is 0 Å². The molecule has 3 N–H and O–H groups in total. The minimum atomic E-state index is -0.754. The van der Waals surface area contributed by atoms with E-state index < -0.39 is 5.60 Å². The molecular weight excluding hydrogens is 276 g/mol. The lowest BCUT2D eigenvalue weighted by molar-refractivity contribution is -0.116. The van der Waals surface area contributed by atoms with Crippen LogP contribution in [0.4, 0.5) is 5.69 Å². The topological polar surface area (TPSA) is 61.4 Å². The molecule has 0 aliphatic carbocycles. The number of benzene rings is 1. The van der Waals surface area contributed by atoms with Crippen molar-refractivity contribution in [3.63, 3.8) is 0 Å². The van der Waals surface area contributed by atoms with E-state index in [0.717, 1.165) is 17.7 Å². The fourth-order valence-corrected chi connectivity index (χ4v) is 2.26. The molecule has 124 valence electrons. The maximum absolute atomic E-state index is 12.1. The SMILES string of the molecule is CCC(C)C(C)(O)CNC(C)CC(=O)Nc1ccccc1C. The van der Waals surface area contributed by atoms with Crippen molar-refractivity contribution in [2.24, 2.45) is 5.92 Å². The molecule has 1 rings (SSSR count). The van der Waals surface area contributed by atoms with Crippen molar-refractivity contribution in [3.05, 3.63) is 29.8 Å². The van der Waals surface area contributed by atoms with Gasteiger partial charge in [0.2, 0.25) is 5.91 Å². The van der Waals surface area contributed by atoms with Gasteiger partial charge in [-0.15, -0.1) is 0 Å². The molecule has 3 unspecified atom stereocenters. The van der Waals surface area contributed by atoms with E-state index in [1.165, 1.54) is 0 Å². The quantitative estimate of drug-likeness (QED) is 0.691. The maximum atomic E-state index is 12.1. The van der Waals surface area contributed by atoms with E-state index in [1.54, 1.807) is 0 Å². The standard InChI is InChI=1S/C18H30N2O2/c1-6-14(3)18(5,22)12-19-15(4)11-17(21)20-16-10-8-7-9-13(16)2/h7-10,14-15,19,22H,6,11-12H2,1-5H3,(H,20,21). The number of carbonyl (C=O) groups excluding carboxylic acids is 1. The molecule has 1 aromatic rings. The Hall–Kier alpha value is -1.39. The Balaban J connectivity index is 2.43. The van der Waals surface area contributed by atoms with E-state index in [9.17, 15) is 9.90 Å². The number of hydrogen-bond donors (Lipinski definition) is 3. The number of anilines is 1. The molecule has 0 saturated heterocycles. The van der Waals surface area contributed by atoms with Gasteiger partial charge in [-0.3, -0.25) is 4.79 Å². The minimum absolute atomic E-state index is 0.0135. The van der Waals surface area contributed by atoms with Crippen LogP contribution in [0.5, 0.6) is 0 Å². The van der Waals surface area contributed by atoms with Crippen LogP contribution >= 0.6 is 0 Å². The Bertz CT molecular complexity index is 486. The van der Waals surface area contributed by atoms with Gasteiger partial charge in [-0.2, -0.15) is 0 Å². The summed E-state index contributed by atoms with van der Waals surface area (Å²) in [5.74, 6) is 0.200. The molecule has 3 atom stereocenters. The summed E-state index contributed by atoms with van der Waals surface area (Å²) in [7, 11) is 0. The second-order valence-electron chi connectivity index (χ2n) is 6.52. The number of aryl methyl sites for hydroxylation is 1. The van der Waals surface area contributed by atoms with Gasteiger partial charge in [0, 0.05) is 24.7 Å². The highest BCUT2D eigenvalue weighted by atomic mass is 16.3. The van der Waals surface area contributed by atoms with Gasteiger partial charge in [0.15, 0.2) is 0 Å². The van der Waals surface area contributed by atoms with Crippen LogP contribution < -0.4 is 10.6 Å². The molecule has 0 radical (unpaired) electrons. The highest BCUT2D eigenvalue weighted by Crippen LogP contribution is 2.19. The number of nitrogens with one attached hydrogen (secondary N) is 2. The first-order valence-electron chi connectivity index (χ1n) is 8.07. The van der Waals surface area contributed by atoms with Gasteiger partial charge in [-0.1, -0.05) is 38.5 Å². The summed E-state index contributed by atoms with van der Waals surface area (Å²) < 4.78 is 0. The lowest BCUT2D eigenvalue weighted by Gasteiger charge is -2.31. The number of rotatable bonds is 8. The normalized spacial score (nSPS) is 16.6. The third kappa shape index (κ3) is 5.78. The summed E-state index contributed by atoms with van der Waals surface area (Å²) in [6, 6.07) is 7.75. The molecule has 0 saturated carbocycles. The number of carbonyl (C=O) groups is 1. The van der Waals surface area contributed by atoms with Crippen molar-refractivity contribution in [2.45, 2.75) is 59.1 Å². The van der Waals surface area contributed by atoms with Crippen LogP contribution in [0.3, 0.4) is 0 Å². The molecule has 0 aliphatic heterocycles. The number of amides is 1. The van der Waals surface area contributed by atoms with Crippen LogP contribution in [0.1, 0.15) is 46.1 Å². The van der Waals surface area contributed by atoms with Crippen molar-refractivity contribution >= 4 is 11.6 Å². The van der Waals surface area contributed by atoms with E-state index in [0.29, 0.717) is 13.0 Å². The third-order valence-corrected chi connectivity index (χ3v) is 4.39. The Morgan fingerprint density at radius 2 is 1.95 bits per heavy atom. The molecular formula is C18H30N2O2. The van der Waals surface area contributed by atoms with Gasteiger partial charge < -0.3 is 15.7 Å². The van der Waals surface area contributed by atoms with Crippen LogP contribution in [0, 0.1) is 12.8 Å². The fourth-order valence-electron chi connectivity index (χ4n) is 2.26. The highest BCUT2D eigenvalue weighted by Gasteiger charge is 2.27. The summed E-state index contributed by atoms with van der Waals surface area (Å²) in [4.78, 5) is 12.1. The zero-order valence-corrected chi connectivity index (χ0v) is 14.4. The largest absolute Gasteiger partial charge is 0.389 e. The summed E-state index contributed by atoms with van der Waals surface area (Å²) in [6.45, 7) is 10.4. The Kier molecular flexibility index (Phi) is 7.04. The van der Waals surface area contributed by atoms with Crippen molar-refractivity contribution in [1.29, 1.82) is 0 Å². The zero-order valence-electron chi connectivity index (χ0n) is 14.4. The van der Waals surface area contributed by atoms with Gasteiger partial charge in [0.25, 0.3) is 0 Å². The Labute approximate surface area is 134 Å². The number of aliphatic hydroxyl groups is 1. The van der Waals surface area contributed by atoms with Crippen molar-refractivity contribution in [2.75, 3.05) is 11.9 Å². The smallest absolute Gasteiger partial charge is 0.225 e. The van der Waals surface area contributed by atoms with Crippen LogP contribution in [0.2, 0.25) is 0 Å². The maximum Gasteiger partial charge on any atom is 0.225 e. The number of hydrogen-bond acceptors (Lipinski definition) is 3. The zero-order chi connectivity index (χ0) is 16.8. The van der Waals surface area contributed by atoms with Crippen LogP contribution in [-0.2, 0) is 4.79 Å². The van der Waals surface area contributed by atoms with Crippen molar-refractivity contribution in [3.8, 4) is 0 Å². The Morgan fingerprint density at radius 3 is 2.55 bits per heavy atom. The molecule has 0 heterocycles.